The van der Waals surface area contributed by atoms with Crippen LogP contribution in [0.4, 0.5) is 17.1 Å². The van der Waals surface area contributed by atoms with E-state index in [1.54, 1.807) is 0 Å². The molecule has 15 aromatic rings. The number of hydrogen-bond acceptors (Lipinski definition) is 2. The van der Waals surface area contributed by atoms with Crippen molar-refractivity contribution in [1.29, 1.82) is 0 Å². The van der Waals surface area contributed by atoms with Gasteiger partial charge in [0, 0.05) is 53.6 Å². The van der Waals surface area contributed by atoms with E-state index in [1.807, 2.05) is 11.3 Å². The molecule has 2 heterocycles. The van der Waals surface area contributed by atoms with Crippen molar-refractivity contribution in [2.75, 3.05) is 4.90 Å². The number of fused-ring (bicyclic) bond motifs is 11. The lowest BCUT2D eigenvalue weighted by molar-refractivity contribution is 1.18. The third-order valence-electron chi connectivity index (χ3n) is 15.4. The molecule has 0 radical (unpaired) electrons. The highest BCUT2D eigenvalue weighted by Crippen LogP contribution is 2.45. The van der Waals surface area contributed by atoms with Gasteiger partial charge in [0.2, 0.25) is 0 Å². The maximum atomic E-state index is 2.42. The standard InChI is InChI=1S/C72H46N2S/c1-4-18-59-49(14-1)38-45-66-65-24-13-23-60(71(65)75-72(59)66)51-36-43-56(44-37-51)73(55-41-34-50(35-42-55)58-17-7-10-25-68(58)74-69-26-11-8-21-63(69)64-22-9-12-27-70(64)74)54-39-32-48(33-40-54)47-28-30-52(31-29-47)67-46-53-15-2-3-16-57(53)61-19-5-6-20-62(61)67/h1-46H. The second-order valence-electron chi connectivity index (χ2n) is 19.6. The highest BCUT2D eigenvalue weighted by Gasteiger charge is 2.19. The van der Waals surface area contributed by atoms with Crippen LogP contribution in [-0.2, 0) is 0 Å². The van der Waals surface area contributed by atoms with Crippen molar-refractivity contribution in [3.8, 4) is 50.2 Å². The van der Waals surface area contributed by atoms with Gasteiger partial charge in [0.25, 0.3) is 0 Å². The molecule has 0 fully saturated rings. The summed E-state index contributed by atoms with van der Waals surface area (Å²) in [6.45, 7) is 0. The number of benzene rings is 13. The molecule has 0 bridgehead atoms. The predicted octanol–water partition coefficient (Wildman–Crippen LogP) is 20.7. The van der Waals surface area contributed by atoms with Crippen molar-refractivity contribution in [3.63, 3.8) is 0 Å². The summed E-state index contributed by atoms with van der Waals surface area (Å²) in [4.78, 5) is 2.39. The van der Waals surface area contributed by atoms with Crippen LogP contribution in [0.5, 0.6) is 0 Å². The molecule has 350 valence electrons. The van der Waals surface area contributed by atoms with E-state index in [1.165, 1.54) is 113 Å². The third kappa shape index (κ3) is 7.16. The Morgan fingerprint density at radius 1 is 0.253 bits per heavy atom. The molecule has 0 aliphatic rings. The van der Waals surface area contributed by atoms with E-state index in [0.29, 0.717) is 0 Å². The van der Waals surface area contributed by atoms with Gasteiger partial charge in [-0.1, -0.05) is 218 Å². The summed E-state index contributed by atoms with van der Waals surface area (Å²) in [6.07, 6.45) is 0. The van der Waals surface area contributed by atoms with Gasteiger partial charge >= 0.3 is 0 Å². The SMILES string of the molecule is c1ccc(-n2c3ccccc3c3ccccc32)c(-c2ccc(N(c3ccc(-c4ccc(-c5cc6ccccc6c6ccccc56)cc4)cc3)c3ccc(-c4cccc5c4sc4c6ccccc6ccc54)cc3)cc2)c1. The lowest BCUT2D eigenvalue weighted by Gasteiger charge is -2.26. The van der Waals surface area contributed by atoms with Gasteiger partial charge < -0.3 is 9.47 Å². The van der Waals surface area contributed by atoms with Gasteiger partial charge in [-0.15, -0.1) is 11.3 Å². The van der Waals surface area contributed by atoms with Crippen molar-refractivity contribution >= 4 is 103 Å². The quantitative estimate of drug-likeness (QED) is 0.138. The Kier molecular flexibility index (Phi) is 10.1. The zero-order chi connectivity index (χ0) is 49.4. The fraction of sp³-hybridized carbons (Fsp3) is 0. The molecular formula is C72H46N2S. The number of nitrogens with zero attached hydrogens (tertiary/aromatic N) is 2. The minimum atomic E-state index is 1.08. The smallest absolute Gasteiger partial charge is 0.0541 e. The second kappa shape index (κ2) is 17.6. The highest BCUT2D eigenvalue weighted by atomic mass is 32.1. The average molecular weight is 971 g/mol. The topological polar surface area (TPSA) is 8.17 Å². The minimum absolute atomic E-state index is 1.08. The van der Waals surface area contributed by atoms with E-state index in [-0.39, 0.29) is 0 Å². The van der Waals surface area contributed by atoms with Gasteiger partial charge in [0.05, 0.1) is 16.7 Å². The Hall–Kier alpha value is -9.54. The Morgan fingerprint density at radius 3 is 1.36 bits per heavy atom. The number of rotatable bonds is 8. The second-order valence-corrected chi connectivity index (χ2v) is 20.6. The molecule has 0 spiro atoms. The molecule has 0 atom stereocenters. The van der Waals surface area contributed by atoms with Crippen LogP contribution in [0.1, 0.15) is 0 Å². The van der Waals surface area contributed by atoms with Crippen LogP contribution in [0.3, 0.4) is 0 Å². The van der Waals surface area contributed by atoms with E-state index in [0.717, 1.165) is 28.3 Å². The first-order valence-corrected chi connectivity index (χ1v) is 26.5. The normalized spacial score (nSPS) is 11.7. The number of hydrogen-bond donors (Lipinski definition) is 0. The lowest BCUT2D eigenvalue weighted by atomic mass is 9.92. The summed E-state index contributed by atoms with van der Waals surface area (Å²) >= 11 is 1.90. The van der Waals surface area contributed by atoms with Crippen molar-refractivity contribution in [3.05, 3.63) is 279 Å². The van der Waals surface area contributed by atoms with Crippen molar-refractivity contribution < 1.29 is 0 Å². The first kappa shape index (κ1) is 43.1. The first-order valence-electron chi connectivity index (χ1n) is 25.7. The number of thiophene rings is 1. The molecule has 15 rings (SSSR count). The van der Waals surface area contributed by atoms with Gasteiger partial charge in [0.15, 0.2) is 0 Å². The maximum Gasteiger partial charge on any atom is 0.0541 e. The molecule has 13 aromatic carbocycles. The summed E-state index contributed by atoms with van der Waals surface area (Å²) in [7, 11) is 0. The van der Waals surface area contributed by atoms with E-state index in [4.69, 9.17) is 0 Å². The van der Waals surface area contributed by atoms with Crippen LogP contribution < -0.4 is 4.90 Å². The Morgan fingerprint density at radius 2 is 0.693 bits per heavy atom. The first-order chi connectivity index (χ1) is 37.2. The van der Waals surface area contributed by atoms with Crippen LogP contribution in [0.2, 0.25) is 0 Å². The molecule has 0 aliphatic carbocycles. The van der Waals surface area contributed by atoms with Gasteiger partial charge in [-0.2, -0.15) is 0 Å². The van der Waals surface area contributed by atoms with Crippen LogP contribution in [0, 0.1) is 0 Å². The van der Waals surface area contributed by atoms with Crippen LogP contribution in [-0.4, -0.2) is 4.57 Å². The van der Waals surface area contributed by atoms with Crippen molar-refractivity contribution in [1.82, 2.24) is 4.57 Å². The van der Waals surface area contributed by atoms with Crippen LogP contribution in [0.25, 0.3) is 124 Å². The number of para-hydroxylation sites is 3. The highest BCUT2D eigenvalue weighted by molar-refractivity contribution is 7.27. The largest absolute Gasteiger partial charge is 0.311 e. The summed E-state index contributed by atoms with van der Waals surface area (Å²) in [5, 5.41) is 12.8. The molecule has 0 N–H and O–H groups in total. The molecule has 0 aliphatic heterocycles. The molecule has 75 heavy (non-hydrogen) atoms. The minimum Gasteiger partial charge on any atom is -0.311 e. The Balaban J connectivity index is 0.809. The fourth-order valence-corrected chi connectivity index (χ4v) is 13.2. The molecular weight excluding hydrogens is 925 g/mol. The molecule has 0 saturated carbocycles. The number of anilines is 3. The van der Waals surface area contributed by atoms with Gasteiger partial charge in [-0.05, 0) is 132 Å². The average Bonchev–Trinajstić information content (AvgIpc) is 4.04. The van der Waals surface area contributed by atoms with Crippen LogP contribution >= 0.6 is 11.3 Å². The molecule has 0 saturated heterocycles. The van der Waals surface area contributed by atoms with E-state index < -0.39 is 0 Å². The summed E-state index contributed by atoms with van der Waals surface area (Å²) in [5.74, 6) is 0. The molecule has 2 aromatic heterocycles. The van der Waals surface area contributed by atoms with Gasteiger partial charge in [-0.3, -0.25) is 0 Å². The molecule has 3 heteroatoms. The molecule has 0 amide bonds. The third-order valence-corrected chi connectivity index (χ3v) is 16.7. The van der Waals surface area contributed by atoms with E-state index >= 15 is 0 Å². The van der Waals surface area contributed by atoms with E-state index in [2.05, 4.69) is 289 Å². The number of aromatic nitrogens is 1. The molecule has 2 nitrogen and oxygen atoms in total. The van der Waals surface area contributed by atoms with Gasteiger partial charge in [0.1, 0.15) is 0 Å². The summed E-state index contributed by atoms with van der Waals surface area (Å²) in [6, 6.07) is 103. The summed E-state index contributed by atoms with van der Waals surface area (Å²) in [5.41, 5.74) is 16.4. The maximum absolute atomic E-state index is 2.42. The monoisotopic (exact) mass is 970 g/mol. The van der Waals surface area contributed by atoms with Crippen molar-refractivity contribution in [2.24, 2.45) is 0 Å². The fourth-order valence-electron chi connectivity index (χ4n) is 11.8. The lowest BCUT2D eigenvalue weighted by Crippen LogP contribution is -2.09. The Bertz CT molecular complexity index is 4620. The van der Waals surface area contributed by atoms with Crippen molar-refractivity contribution in [2.45, 2.75) is 0 Å². The van der Waals surface area contributed by atoms with Gasteiger partial charge in [-0.25, -0.2) is 0 Å². The van der Waals surface area contributed by atoms with Crippen LogP contribution in [0.15, 0.2) is 279 Å². The molecule has 0 unspecified atom stereocenters. The van der Waals surface area contributed by atoms with E-state index in [9.17, 15) is 0 Å². The predicted molar refractivity (Wildman–Crippen MR) is 323 cm³/mol. The zero-order valence-electron chi connectivity index (χ0n) is 40.9. The summed E-state index contributed by atoms with van der Waals surface area (Å²) < 4.78 is 5.08. The zero-order valence-corrected chi connectivity index (χ0v) is 41.7. The Labute approximate surface area is 438 Å².